The number of fused-ring (bicyclic) bond motifs is 1. The van der Waals surface area contributed by atoms with Gasteiger partial charge in [-0.1, -0.05) is 0 Å². The Morgan fingerprint density at radius 1 is 1.35 bits per heavy atom. The number of hydrogen-bond acceptors (Lipinski definition) is 3. The van der Waals surface area contributed by atoms with E-state index in [1.54, 1.807) is 0 Å². The number of rotatable bonds is 3. The lowest BCUT2D eigenvalue weighted by molar-refractivity contribution is 0.133. The highest BCUT2D eigenvalue weighted by Crippen LogP contribution is 2.40. The Morgan fingerprint density at radius 3 is 2.94 bits per heavy atom. The maximum atomic E-state index is 4.27. The van der Waals surface area contributed by atoms with Crippen molar-refractivity contribution in [1.29, 1.82) is 0 Å². The van der Waals surface area contributed by atoms with Crippen molar-refractivity contribution in [2.24, 2.45) is 11.8 Å². The Balaban J connectivity index is 1.64. The molecule has 2 aliphatic heterocycles. The summed E-state index contributed by atoms with van der Waals surface area (Å²) in [6.45, 7) is 10.5. The summed E-state index contributed by atoms with van der Waals surface area (Å²) in [5.74, 6) is 1.67. The topological polar surface area (TPSA) is 33.1 Å². The number of nitrogens with zero attached hydrogens (tertiary/aromatic N) is 3. The zero-order valence-corrected chi connectivity index (χ0v) is 10.8. The van der Waals surface area contributed by atoms with Crippen LogP contribution in [0, 0.1) is 11.8 Å². The van der Waals surface area contributed by atoms with E-state index in [1.165, 1.54) is 19.6 Å². The van der Waals surface area contributed by atoms with Crippen LogP contribution in [0.15, 0.2) is 18.5 Å². The quantitative estimate of drug-likeness (QED) is 0.840. The highest BCUT2D eigenvalue weighted by Gasteiger charge is 2.48. The molecule has 0 radical (unpaired) electrons. The molecule has 2 fully saturated rings. The largest absolute Gasteiger partial charge is 0.316 e. The smallest absolute Gasteiger partial charge is 0.0536 e. The number of likely N-dealkylation sites (tertiary alicyclic amines) is 1. The summed E-state index contributed by atoms with van der Waals surface area (Å²) in [5, 5.41) is 7.80. The summed E-state index contributed by atoms with van der Waals surface area (Å²) in [4.78, 5) is 2.64. The molecule has 2 aliphatic rings. The van der Waals surface area contributed by atoms with Crippen molar-refractivity contribution >= 4 is 0 Å². The van der Waals surface area contributed by atoms with Crippen molar-refractivity contribution in [3.63, 3.8) is 0 Å². The Bertz CT molecular complexity index is 371. The molecule has 4 nitrogen and oxygen atoms in total. The van der Waals surface area contributed by atoms with Crippen LogP contribution in [0.2, 0.25) is 0 Å². The van der Waals surface area contributed by atoms with E-state index in [9.17, 15) is 0 Å². The van der Waals surface area contributed by atoms with E-state index >= 15 is 0 Å². The molecule has 0 aliphatic carbocycles. The molecule has 0 saturated carbocycles. The fourth-order valence-electron chi connectivity index (χ4n) is 3.54. The van der Waals surface area contributed by atoms with Gasteiger partial charge in [0.2, 0.25) is 0 Å². The first kappa shape index (κ1) is 11.2. The number of aromatic nitrogens is 2. The van der Waals surface area contributed by atoms with E-state index in [0.29, 0.717) is 5.54 Å². The third-order valence-corrected chi connectivity index (χ3v) is 4.68. The third-order valence-electron chi connectivity index (χ3n) is 4.68. The van der Waals surface area contributed by atoms with Gasteiger partial charge in [0.1, 0.15) is 0 Å². The molecule has 2 saturated heterocycles. The van der Waals surface area contributed by atoms with Gasteiger partial charge in [0.15, 0.2) is 0 Å². The minimum atomic E-state index is 0.335. The predicted octanol–water partition coefficient (Wildman–Crippen LogP) is 0.813. The fraction of sp³-hybridized carbons (Fsp3) is 0.769. The van der Waals surface area contributed by atoms with E-state index in [1.807, 2.05) is 23.1 Å². The Hall–Kier alpha value is -0.870. The van der Waals surface area contributed by atoms with Gasteiger partial charge in [-0.3, -0.25) is 9.58 Å². The SMILES string of the molecule is CC1(C)C2CNCC2CN1CCn1cccn1. The normalized spacial score (nSPS) is 31.9. The van der Waals surface area contributed by atoms with Crippen LogP contribution >= 0.6 is 0 Å². The lowest BCUT2D eigenvalue weighted by atomic mass is 9.85. The molecule has 3 rings (SSSR count). The second-order valence-corrected chi connectivity index (χ2v) is 5.89. The van der Waals surface area contributed by atoms with E-state index in [4.69, 9.17) is 0 Å². The van der Waals surface area contributed by atoms with Crippen LogP contribution in [-0.4, -0.2) is 46.4 Å². The molecule has 0 aromatic carbocycles. The monoisotopic (exact) mass is 234 g/mol. The number of nitrogens with one attached hydrogen (secondary N) is 1. The molecule has 1 N–H and O–H groups in total. The molecule has 0 amide bonds. The van der Waals surface area contributed by atoms with Gasteiger partial charge in [0, 0.05) is 37.6 Å². The van der Waals surface area contributed by atoms with Gasteiger partial charge in [-0.2, -0.15) is 5.10 Å². The molecule has 0 spiro atoms. The van der Waals surface area contributed by atoms with Crippen molar-refractivity contribution in [3.05, 3.63) is 18.5 Å². The molecule has 0 bridgehead atoms. The standard InChI is InChI=1S/C13H22N4/c1-13(2)12-9-14-8-11(12)10-16(13)6-7-17-5-3-4-15-17/h3-5,11-12,14H,6-10H2,1-2H3. The second-order valence-electron chi connectivity index (χ2n) is 5.89. The first-order valence-corrected chi connectivity index (χ1v) is 6.61. The molecule has 2 atom stereocenters. The molecule has 1 aromatic heterocycles. The first-order valence-electron chi connectivity index (χ1n) is 6.61. The summed E-state index contributed by atoms with van der Waals surface area (Å²) in [5.41, 5.74) is 0.335. The molecule has 1 aromatic rings. The zero-order valence-electron chi connectivity index (χ0n) is 10.8. The minimum absolute atomic E-state index is 0.335. The van der Waals surface area contributed by atoms with Crippen LogP contribution in [0.5, 0.6) is 0 Å². The van der Waals surface area contributed by atoms with E-state index in [0.717, 1.165) is 24.9 Å². The third kappa shape index (κ3) is 1.89. The maximum Gasteiger partial charge on any atom is 0.0536 e. The fourth-order valence-corrected chi connectivity index (χ4v) is 3.54. The average molecular weight is 234 g/mol. The van der Waals surface area contributed by atoms with Crippen LogP contribution in [0.4, 0.5) is 0 Å². The summed E-state index contributed by atoms with van der Waals surface area (Å²) in [6, 6.07) is 1.99. The molecular weight excluding hydrogens is 212 g/mol. The van der Waals surface area contributed by atoms with Crippen LogP contribution in [0.25, 0.3) is 0 Å². The first-order chi connectivity index (χ1) is 8.18. The minimum Gasteiger partial charge on any atom is -0.316 e. The Labute approximate surface area is 103 Å². The highest BCUT2D eigenvalue weighted by atomic mass is 15.3. The van der Waals surface area contributed by atoms with Crippen LogP contribution in [0.3, 0.4) is 0 Å². The summed E-state index contributed by atoms with van der Waals surface area (Å²) < 4.78 is 2.03. The lowest BCUT2D eigenvalue weighted by Crippen LogP contribution is -2.45. The lowest BCUT2D eigenvalue weighted by Gasteiger charge is -2.35. The van der Waals surface area contributed by atoms with E-state index < -0.39 is 0 Å². The van der Waals surface area contributed by atoms with Crippen LogP contribution in [0.1, 0.15) is 13.8 Å². The molecule has 94 valence electrons. The molecule has 3 heterocycles. The van der Waals surface area contributed by atoms with Crippen molar-refractivity contribution in [2.75, 3.05) is 26.2 Å². The van der Waals surface area contributed by atoms with Crippen LogP contribution < -0.4 is 5.32 Å². The molecule has 2 unspecified atom stereocenters. The van der Waals surface area contributed by atoms with E-state index in [2.05, 4.69) is 29.2 Å². The predicted molar refractivity (Wildman–Crippen MR) is 67.7 cm³/mol. The Kier molecular flexibility index (Phi) is 2.71. The van der Waals surface area contributed by atoms with Crippen molar-refractivity contribution in [1.82, 2.24) is 20.0 Å². The highest BCUT2D eigenvalue weighted by molar-refractivity contribution is 5.04. The van der Waals surface area contributed by atoms with Gasteiger partial charge < -0.3 is 5.32 Å². The average Bonchev–Trinajstić information content (AvgIpc) is 2.96. The van der Waals surface area contributed by atoms with Crippen molar-refractivity contribution < 1.29 is 0 Å². The summed E-state index contributed by atoms with van der Waals surface area (Å²) in [7, 11) is 0. The molecular formula is C13H22N4. The van der Waals surface area contributed by atoms with Gasteiger partial charge in [0.25, 0.3) is 0 Å². The maximum absolute atomic E-state index is 4.27. The van der Waals surface area contributed by atoms with Crippen molar-refractivity contribution in [2.45, 2.75) is 25.9 Å². The van der Waals surface area contributed by atoms with Gasteiger partial charge in [-0.15, -0.1) is 0 Å². The van der Waals surface area contributed by atoms with Gasteiger partial charge in [-0.05, 0) is 38.3 Å². The number of hydrogen-bond donors (Lipinski definition) is 1. The van der Waals surface area contributed by atoms with Gasteiger partial charge in [0.05, 0.1) is 6.54 Å². The second kappa shape index (κ2) is 4.10. The van der Waals surface area contributed by atoms with Crippen molar-refractivity contribution in [3.8, 4) is 0 Å². The molecule has 17 heavy (non-hydrogen) atoms. The Morgan fingerprint density at radius 2 is 2.24 bits per heavy atom. The van der Waals surface area contributed by atoms with Crippen LogP contribution in [-0.2, 0) is 6.54 Å². The van der Waals surface area contributed by atoms with Gasteiger partial charge in [-0.25, -0.2) is 0 Å². The van der Waals surface area contributed by atoms with Gasteiger partial charge >= 0.3 is 0 Å². The summed E-state index contributed by atoms with van der Waals surface area (Å²) >= 11 is 0. The zero-order chi connectivity index (χ0) is 11.9. The summed E-state index contributed by atoms with van der Waals surface area (Å²) in [6.07, 6.45) is 3.90. The molecule has 4 heteroatoms. The van der Waals surface area contributed by atoms with E-state index in [-0.39, 0.29) is 0 Å².